The van der Waals surface area contributed by atoms with Gasteiger partial charge < -0.3 is 29.6 Å². The molecule has 0 unspecified atom stereocenters. The summed E-state index contributed by atoms with van der Waals surface area (Å²) < 4.78 is 50.7. The lowest BCUT2D eigenvalue weighted by atomic mass is 10.1. The minimum absolute atomic E-state index is 0.105. The van der Waals surface area contributed by atoms with E-state index < -0.39 is 80.4 Å². The number of nitrogens with two attached hydrogens (primary N) is 2. The van der Waals surface area contributed by atoms with Crippen LogP contribution >= 0.6 is 7.67 Å². The molecule has 7 N–H and O–H groups in total. The molecule has 1 saturated heterocycles. The molecule has 0 amide bonds. The van der Waals surface area contributed by atoms with Crippen LogP contribution in [0.4, 0.5) is 10.2 Å². The Morgan fingerprint density at radius 1 is 1.18 bits per heavy atom. The Bertz CT molecular complexity index is 1070. The number of halogens is 1. The summed E-state index contributed by atoms with van der Waals surface area (Å²) in [5.74, 6) is -1.67. The summed E-state index contributed by atoms with van der Waals surface area (Å²) in [6.45, 7) is 8.18. The van der Waals surface area contributed by atoms with Crippen molar-refractivity contribution >= 4 is 25.4 Å². The number of rotatable bonds is 12. The van der Waals surface area contributed by atoms with Crippen molar-refractivity contribution in [2.24, 2.45) is 5.73 Å². The number of carbonyl (C=O) groups is 2. The Hall–Kier alpha value is -2.46. The highest BCUT2D eigenvalue weighted by Crippen LogP contribution is 2.43. The number of aliphatic hydroxyl groups is 1. The lowest BCUT2D eigenvalue weighted by molar-refractivity contribution is -0.149. The Balaban J connectivity index is 2.27. The zero-order valence-electron chi connectivity index (χ0n) is 22.0. The third-order valence-electron chi connectivity index (χ3n) is 5.13. The minimum Gasteiger partial charge on any atom is -0.462 e. The van der Waals surface area contributed by atoms with Crippen LogP contribution in [0.5, 0.6) is 0 Å². The van der Waals surface area contributed by atoms with Crippen molar-refractivity contribution in [3.05, 3.63) is 22.7 Å². The number of nitrogens with zero attached hydrogens (tertiary/aromatic N) is 2. The maximum absolute atomic E-state index is 15.1. The Kier molecular flexibility index (Phi) is 10.5. The van der Waals surface area contributed by atoms with Gasteiger partial charge in [0.15, 0.2) is 18.1 Å². The quantitative estimate of drug-likeness (QED) is 0.162. The second-order valence-corrected chi connectivity index (χ2v) is 11.3. The molecule has 1 aromatic heterocycles. The molecule has 216 valence electrons. The van der Waals surface area contributed by atoms with Crippen LogP contribution < -0.4 is 27.3 Å². The lowest BCUT2D eigenvalue weighted by Gasteiger charge is -2.31. The number of hydrogen-bond donors (Lipinski definition) is 5. The SMILES string of the molecule is CC(C)OC(=O)[C@H](C)NP(=O)(N[C@@H](C)C(=O)OC(C)C)OC[C@@]1(N)O[C@@H](n2ccc(N)nc2=O)[C@H](O)[C@@H]1F. The van der Waals surface area contributed by atoms with Gasteiger partial charge in [-0.1, -0.05) is 0 Å². The zero-order valence-corrected chi connectivity index (χ0v) is 22.9. The van der Waals surface area contributed by atoms with Gasteiger partial charge in [0.05, 0.1) is 12.2 Å². The summed E-state index contributed by atoms with van der Waals surface area (Å²) in [7, 11) is -4.38. The van der Waals surface area contributed by atoms with Crippen LogP contribution in [0.1, 0.15) is 47.8 Å². The van der Waals surface area contributed by atoms with Gasteiger partial charge in [0.2, 0.25) is 0 Å². The smallest absolute Gasteiger partial charge is 0.351 e. The number of aliphatic hydroxyl groups excluding tert-OH is 1. The molecule has 1 aliphatic rings. The second kappa shape index (κ2) is 12.6. The molecule has 1 aliphatic heterocycles. The number of ether oxygens (including phenoxy) is 3. The van der Waals surface area contributed by atoms with E-state index in [1.54, 1.807) is 27.7 Å². The van der Waals surface area contributed by atoms with E-state index >= 15 is 4.39 Å². The molecule has 15 nitrogen and oxygen atoms in total. The van der Waals surface area contributed by atoms with Crippen LogP contribution in [-0.2, 0) is 32.9 Å². The first-order valence-electron chi connectivity index (χ1n) is 11.8. The topological polar surface area (TPSA) is 219 Å². The lowest BCUT2D eigenvalue weighted by Crippen LogP contribution is -2.53. The van der Waals surface area contributed by atoms with E-state index in [0.717, 1.165) is 10.8 Å². The highest BCUT2D eigenvalue weighted by Gasteiger charge is 2.55. The van der Waals surface area contributed by atoms with Crippen molar-refractivity contribution in [1.29, 1.82) is 0 Å². The Labute approximate surface area is 218 Å². The summed E-state index contributed by atoms with van der Waals surface area (Å²) >= 11 is 0. The van der Waals surface area contributed by atoms with Gasteiger partial charge in [0, 0.05) is 6.20 Å². The Morgan fingerprint density at radius 2 is 1.68 bits per heavy atom. The van der Waals surface area contributed by atoms with Gasteiger partial charge in [-0.15, -0.1) is 0 Å². The monoisotopic (exact) mass is 566 g/mol. The Morgan fingerprint density at radius 3 is 2.13 bits per heavy atom. The number of nitrogen functional groups attached to an aromatic ring is 1. The molecule has 0 saturated carbocycles. The van der Waals surface area contributed by atoms with Gasteiger partial charge in [-0.05, 0) is 47.6 Å². The van der Waals surface area contributed by atoms with Crippen LogP contribution in [0, 0.1) is 0 Å². The van der Waals surface area contributed by atoms with Crippen LogP contribution in [0.15, 0.2) is 17.1 Å². The summed E-state index contributed by atoms with van der Waals surface area (Å²) in [5, 5.41) is 15.3. The summed E-state index contributed by atoms with van der Waals surface area (Å²) in [6.07, 6.45) is -5.69. The normalized spacial score (nSPS) is 25.4. The van der Waals surface area contributed by atoms with Gasteiger partial charge >= 0.3 is 25.3 Å². The second-order valence-electron chi connectivity index (χ2n) is 9.40. The van der Waals surface area contributed by atoms with Crippen LogP contribution in [-0.4, -0.2) is 75.5 Å². The van der Waals surface area contributed by atoms with Crippen molar-refractivity contribution in [1.82, 2.24) is 19.7 Å². The molecule has 38 heavy (non-hydrogen) atoms. The van der Waals surface area contributed by atoms with Gasteiger partial charge in [0.25, 0.3) is 0 Å². The van der Waals surface area contributed by atoms with Crippen LogP contribution in [0.2, 0.25) is 0 Å². The van der Waals surface area contributed by atoms with Crippen molar-refractivity contribution < 1.29 is 42.4 Å². The first-order valence-corrected chi connectivity index (χ1v) is 13.4. The molecular weight excluding hydrogens is 530 g/mol. The third kappa shape index (κ3) is 8.02. The van der Waals surface area contributed by atoms with Gasteiger partial charge in [-0.3, -0.25) is 24.5 Å². The van der Waals surface area contributed by atoms with Gasteiger partial charge in [-0.25, -0.2) is 19.4 Å². The van der Waals surface area contributed by atoms with E-state index in [2.05, 4.69) is 15.2 Å². The summed E-state index contributed by atoms with van der Waals surface area (Å²) in [5.41, 5.74) is 8.13. The maximum Gasteiger partial charge on any atom is 0.351 e. The largest absolute Gasteiger partial charge is 0.462 e. The highest BCUT2D eigenvalue weighted by atomic mass is 31.2. The molecule has 0 radical (unpaired) electrons. The minimum atomic E-state index is -4.38. The molecule has 0 aromatic carbocycles. The molecule has 6 atom stereocenters. The third-order valence-corrected chi connectivity index (χ3v) is 7.08. The molecule has 2 heterocycles. The van der Waals surface area contributed by atoms with E-state index in [4.69, 9.17) is 30.2 Å². The molecular formula is C21H36FN6O9P. The van der Waals surface area contributed by atoms with E-state index in [0.29, 0.717) is 0 Å². The molecule has 2 rings (SSSR count). The molecule has 1 aromatic rings. The number of nitrogens with one attached hydrogen (secondary N) is 2. The maximum atomic E-state index is 15.1. The predicted octanol–water partition coefficient (Wildman–Crippen LogP) is -0.308. The average molecular weight is 567 g/mol. The number of aromatic nitrogens is 2. The van der Waals surface area contributed by atoms with Crippen LogP contribution in [0.3, 0.4) is 0 Å². The molecule has 1 fully saturated rings. The number of carbonyl (C=O) groups excluding carboxylic acids is 2. The van der Waals surface area contributed by atoms with Gasteiger partial charge in [0.1, 0.15) is 30.6 Å². The fraction of sp³-hybridized carbons (Fsp3) is 0.714. The predicted molar refractivity (Wildman–Crippen MR) is 132 cm³/mol. The number of esters is 2. The molecule has 0 bridgehead atoms. The molecule has 0 spiro atoms. The zero-order chi connectivity index (χ0) is 29.0. The van der Waals surface area contributed by atoms with E-state index in [1.165, 1.54) is 19.9 Å². The number of hydrogen-bond acceptors (Lipinski definition) is 12. The number of alkyl halides is 1. The fourth-order valence-electron chi connectivity index (χ4n) is 3.34. The summed E-state index contributed by atoms with van der Waals surface area (Å²) in [6, 6.07) is -1.18. The highest BCUT2D eigenvalue weighted by molar-refractivity contribution is 7.54. The van der Waals surface area contributed by atoms with Crippen LogP contribution in [0.25, 0.3) is 0 Å². The van der Waals surface area contributed by atoms with E-state index in [-0.39, 0.29) is 5.82 Å². The van der Waals surface area contributed by atoms with Crippen molar-refractivity contribution in [3.63, 3.8) is 0 Å². The van der Waals surface area contributed by atoms with E-state index in [1.807, 2.05) is 0 Å². The molecule has 0 aliphatic carbocycles. The molecule has 17 heteroatoms. The van der Waals surface area contributed by atoms with Crippen molar-refractivity contribution in [2.45, 2.75) is 90.1 Å². The van der Waals surface area contributed by atoms with Gasteiger partial charge in [-0.2, -0.15) is 4.98 Å². The van der Waals surface area contributed by atoms with E-state index in [9.17, 15) is 24.1 Å². The standard InChI is InChI=1S/C21H36FN6O9P/c1-10(2)35-18(30)12(5)26-38(33,27-13(6)19(31)36-11(3)4)34-9-21(24)16(22)15(29)17(37-21)28-8-7-14(23)25-20(28)32/h7-8,10-13,15-17,29H,9,24H2,1-6H3,(H2,23,25,32)(H2,26,27,33)/t12-,13-,15+,16-,17+,21+/m0/s1. The average Bonchev–Trinajstić information content (AvgIpc) is 3.01. The first kappa shape index (κ1) is 31.8. The fourth-order valence-corrected chi connectivity index (χ4v) is 5.17. The van der Waals surface area contributed by atoms with Crippen molar-refractivity contribution in [2.75, 3.05) is 12.3 Å². The summed E-state index contributed by atoms with van der Waals surface area (Å²) in [4.78, 5) is 40.3. The van der Waals surface area contributed by atoms with Crippen molar-refractivity contribution in [3.8, 4) is 0 Å². The first-order chi connectivity index (χ1) is 17.5. The number of anilines is 1.